The van der Waals surface area contributed by atoms with Crippen LogP contribution in [0, 0.1) is 0 Å². The summed E-state index contributed by atoms with van der Waals surface area (Å²) in [7, 11) is 0. The Morgan fingerprint density at radius 3 is 2.42 bits per heavy atom. The van der Waals surface area contributed by atoms with Gasteiger partial charge in [-0.05, 0) is 23.8 Å². The van der Waals surface area contributed by atoms with Crippen molar-refractivity contribution in [3.05, 3.63) is 52.1 Å². The predicted octanol–water partition coefficient (Wildman–Crippen LogP) is 4.04. The smallest absolute Gasteiger partial charge is 0.137 e. The van der Waals surface area contributed by atoms with Gasteiger partial charge in [-0.1, -0.05) is 39.7 Å². The number of aliphatic hydroxyl groups excluding tert-OH is 1. The first-order valence-corrected chi connectivity index (χ1v) is 8.33. The minimum atomic E-state index is -0.196. The fourth-order valence-electron chi connectivity index (χ4n) is 2.42. The van der Waals surface area contributed by atoms with E-state index in [1.807, 2.05) is 24.3 Å². The van der Waals surface area contributed by atoms with Crippen LogP contribution >= 0.6 is 27.5 Å². The molecule has 5 nitrogen and oxygen atoms in total. The average molecular weight is 410 g/mol. The summed E-state index contributed by atoms with van der Waals surface area (Å²) < 4.78 is 2.55. The summed E-state index contributed by atoms with van der Waals surface area (Å²) in [4.78, 5) is 0. The molecule has 0 amide bonds. The number of hydrogen-bond donors (Lipinski definition) is 3. The highest BCUT2D eigenvalue weighted by Crippen LogP contribution is 2.40. The van der Waals surface area contributed by atoms with E-state index in [2.05, 4.69) is 21.0 Å². The fraction of sp³-hybridized carbons (Fsp3) is 0.118. The van der Waals surface area contributed by atoms with Crippen LogP contribution in [0.3, 0.4) is 0 Å². The molecule has 7 heteroatoms. The number of benzene rings is 2. The van der Waals surface area contributed by atoms with Gasteiger partial charge in [-0.2, -0.15) is 5.10 Å². The molecule has 24 heavy (non-hydrogen) atoms. The molecule has 1 heterocycles. The highest BCUT2D eigenvalue weighted by Gasteiger charge is 2.18. The molecular weight excluding hydrogens is 396 g/mol. The van der Waals surface area contributed by atoms with Gasteiger partial charge in [-0.3, -0.25) is 4.68 Å². The van der Waals surface area contributed by atoms with Gasteiger partial charge in [0.05, 0.1) is 18.2 Å². The predicted molar refractivity (Wildman–Crippen MR) is 96.2 cm³/mol. The summed E-state index contributed by atoms with van der Waals surface area (Å²) in [6.45, 7) is 0.277. The van der Waals surface area contributed by atoms with E-state index in [1.54, 1.807) is 10.9 Å². The maximum Gasteiger partial charge on any atom is 0.137 e. The summed E-state index contributed by atoms with van der Waals surface area (Å²) in [6.07, 6.45) is 1.80. The Morgan fingerprint density at radius 2 is 1.75 bits per heavy atom. The number of halogens is 2. The highest BCUT2D eigenvalue weighted by atomic mass is 79.9. The molecule has 3 aromatic rings. The number of phenols is 2. The topological polar surface area (TPSA) is 78.5 Å². The van der Waals surface area contributed by atoms with Crippen molar-refractivity contribution in [2.75, 3.05) is 6.61 Å². The first-order chi connectivity index (χ1) is 11.5. The molecule has 124 valence electrons. The van der Waals surface area contributed by atoms with Gasteiger partial charge in [0.1, 0.15) is 17.2 Å². The molecule has 0 radical (unpaired) electrons. The van der Waals surface area contributed by atoms with Gasteiger partial charge in [0, 0.05) is 27.9 Å². The zero-order valence-electron chi connectivity index (χ0n) is 12.4. The van der Waals surface area contributed by atoms with Crippen LogP contribution in [0.25, 0.3) is 22.4 Å². The van der Waals surface area contributed by atoms with Crippen LogP contribution in [-0.2, 0) is 6.54 Å². The largest absolute Gasteiger partial charge is 0.507 e. The minimum absolute atomic E-state index is 0.0524. The van der Waals surface area contributed by atoms with Crippen molar-refractivity contribution in [3.63, 3.8) is 0 Å². The van der Waals surface area contributed by atoms with E-state index < -0.39 is 0 Å². The number of aliphatic hydroxyl groups is 1. The summed E-state index contributed by atoms with van der Waals surface area (Å²) in [5.74, 6) is -0.317. The number of phenolic OH excluding ortho intramolecular Hbond substituents is 2. The Morgan fingerprint density at radius 1 is 1.04 bits per heavy atom. The third-order valence-electron chi connectivity index (χ3n) is 3.57. The van der Waals surface area contributed by atoms with Gasteiger partial charge < -0.3 is 15.3 Å². The van der Waals surface area contributed by atoms with E-state index in [4.69, 9.17) is 16.7 Å². The van der Waals surface area contributed by atoms with Gasteiger partial charge in [0.2, 0.25) is 0 Å². The summed E-state index contributed by atoms with van der Waals surface area (Å²) in [5, 5.41) is 33.6. The molecule has 2 aromatic carbocycles. The maximum absolute atomic E-state index is 10.2. The first-order valence-electron chi connectivity index (χ1n) is 7.15. The SMILES string of the molecule is OCCn1cc(-c2ccc(Br)cc2)c(-c2cc(Cl)c(O)cc2O)n1. The summed E-state index contributed by atoms with van der Waals surface area (Å²) >= 11 is 9.38. The fourth-order valence-corrected chi connectivity index (χ4v) is 2.85. The van der Waals surface area contributed by atoms with Gasteiger partial charge >= 0.3 is 0 Å². The standard InChI is InChI=1S/C17H14BrClN2O3/c18-11-3-1-10(2-4-11)13-9-21(5-6-22)20-17(13)12-7-14(19)16(24)8-15(12)23/h1-4,7-9,22-24H,5-6H2. The van der Waals surface area contributed by atoms with Crippen molar-refractivity contribution in [3.8, 4) is 33.9 Å². The van der Waals surface area contributed by atoms with E-state index >= 15 is 0 Å². The van der Waals surface area contributed by atoms with Gasteiger partial charge in [0.25, 0.3) is 0 Å². The summed E-state index contributed by atoms with van der Waals surface area (Å²) in [5.41, 5.74) is 2.62. The van der Waals surface area contributed by atoms with E-state index in [0.717, 1.165) is 15.6 Å². The van der Waals surface area contributed by atoms with Gasteiger partial charge in [0.15, 0.2) is 0 Å². The number of rotatable bonds is 4. The van der Waals surface area contributed by atoms with Crippen LogP contribution in [0.15, 0.2) is 47.1 Å². The number of aromatic nitrogens is 2. The zero-order chi connectivity index (χ0) is 17.3. The second-order valence-electron chi connectivity index (χ2n) is 5.21. The van der Waals surface area contributed by atoms with Crippen molar-refractivity contribution in [1.29, 1.82) is 0 Å². The Labute approximate surface area is 151 Å². The molecule has 0 unspecified atom stereocenters. The molecule has 0 saturated heterocycles. The first kappa shape index (κ1) is 16.8. The van der Waals surface area contributed by atoms with Crippen LogP contribution in [0.4, 0.5) is 0 Å². The Balaban J connectivity index is 2.19. The molecule has 0 aliphatic heterocycles. The molecule has 0 aliphatic rings. The van der Waals surface area contributed by atoms with Crippen molar-refractivity contribution >= 4 is 27.5 Å². The van der Waals surface area contributed by atoms with Crippen molar-refractivity contribution in [2.45, 2.75) is 6.54 Å². The van der Waals surface area contributed by atoms with Crippen LogP contribution in [0.1, 0.15) is 0 Å². The summed E-state index contributed by atoms with van der Waals surface area (Å²) in [6, 6.07) is 10.3. The minimum Gasteiger partial charge on any atom is -0.507 e. The molecule has 0 aliphatic carbocycles. The van der Waals surface area contributed by atoms with Crippen molar-refractivity contribution < 1.29 is 15.3 Å². The van der Waals surface area contributed by atoms with Gasteiger partial charge in [-0.15, -0.1) is 0 Å². The zero-order valence-corrected chi connectivity index (χ0v) is 14.8. The normalized spacial score (nSPS) is 11.0. The second-order valence-corrected chi connectivity index (χ2v) is 6.53. The van der Waals surface area contributed by atoms with Gasteiger partial charge in [-0.25, -0.2) is 0 Å². The Kier molecular flexibility index (Phi) is 4.80. The average Bonchev–Trinajstić information content (AvgIpc) is 2.96. The van der Waals surface area contributed by atoms with E-state index in [1.165, 1.54) is 12.1 Å². The molecule has 3 N–H and O–H groups in total. The Bertz CT molecular complexity index is 878. The van der Waals surface area contributed by atoms with E-state index in [-0.39, 0.29) is 23.1 Å². The van der Waals surface area contributed by atoms with E-state index in [9.17, 15) is 10.2 Å². The third-order valence-corrected chi connectivity index (χ3v) is 4.40. The molecule has 0 saturated carbocycles. The molecule has 0 spiro atoms. The van der Waals surface area contributed by atoms with E-state index in [0.29, 0.717) is 17.8 Å². The molecule has 0 fully saturated rings. The maximum atomic E-state index is 10.2. The van der Waals surface area contributed by atoms with Crippen LogP contribution < -0.4 is 0 Å². The molecule has 3 rings (SSSR count). The molecular formula is C17H14BrClN2O3. The number of hydrogen-bond acceptors (Lipinski definition) is 4. The second kappa shape index (κ2) is 6.84. The monoisotopic (exact) mass is 408 g/mol. The lowest BCUT2D eigenvalue weighted by molar-refractivity contribution is 0.269. The lowest BCUT2D eigenvalue weighted by Gasteiger charge is -2.07. The van der Waals surface area contributed by atoms with Crippen LogP contribution in [-0.4, -0.2) is 31.7 Å². The van der Waals surface area contributed by atoms with Crippen LogP contribution in [0.5, 0.6) is 11.5 Å². The van der Waals surface area contributed by atoms with Crippen molar-refractivity contribution in [1.82, 2.24) is 9.78 Å². The molecule has 1 aromatic heterocycles. The number of nitrogens with zero attached hydrogens (tertiary/aromatic N) is 2. The Hall–Kier alpha value is -2.02. The lowest BCUT2D eigenvalue weighted by Crippen LogP contribution is -2.02. The van der Waals surface area contributed by atoms with Crippen molar-refractivity contribution in [2.24, 2.45) is 0 Å². The highest BCUT2D eigenvalue weighted by molar-refractivity contribution is 9.10. The molecule has 0 bridgehead atoms. The number of aromatic hydroxyl groups is 2. The lowest BCUT2D eigenvalue weighted by atomic mass is 10.0. The molecule has 0 atom stereocenters. The quantitative estimate of drug-likeness (QED) is 0.608. The third kappa shape index (κ3) is 3.26. The van der Waals surface area contributed by atoms with Crippen LogP contribution in [0.2, 0.25) is 5.02 Å².